The summed E-state index contributed by atoms with van der Waals surface area (Å²) < 4.78 is 5.17. The Labute approximate surface area is 180 Å². The molecule has 0 saturated carbocycles. The van der Waals surface area contributed by atoms with Gasteiger partial charge in [0, 0.05) is 6.54 Å². The monoisotopic (exact) mass is 417 g/mol. The third-order valence-corrected chi connectivity index (χ3v) is 5.53. The van der Waals surface area contributed by atoms with Gasteiger partial charge in [0.2, 0.25) is 5.91 Å². The van der Waals surface area contributed by atoms with Gasteiger partial charge in [-0.15, -0.1) is 0 Å². The van der Waals surface area contributed by atoms with Crippen LogP contribution in [0.2, 0.25) is 0 Å². The first-order valence-corrected chi connectivity index (χ1v) is 9.94. The van der Waals surface area contributed by atoms with Crippen LogP contribution in [-0.4, -0.2) is 36.4 Å². The van der Waals surface area contributed by atoms with E-state index in [1.165, 1.54) is 0 Å². The van der Waals surface area contributed by atoms with Gasteiger partial charge in [-0.3, -0.25) is 14.5 Å². The summed E-state index contributed by atoms with van der Waals surface area (Å²) in [5.41, 5.74) is 0.295. The number of carbonyl (C=O) groups excluding carboxylic acids is 3. The van der Waals surface area contributed by atoms with Gasteiger partial charge in [-0.2, -0.15) is 0 Å². The van der Waals surface area contributed by atoms with Crippen LogP contribution in [0.3, 0.4) is 0 Å². The van der Waals surface area contributed by atoms with Crippen molar-refractivity contribution in [2.75, 3.05) is 13.7 Å². The van der Waals surface area contributed by atoms with E-state index in [0.717, 1.165) is 21.2 Å². The third-order valence-electron chi connectivity index (χ3n) is 5.53. The highest BCUT2D eigenvalue weighted by atomic mass is 16.5. The average Bonchev–Trinajstić information content (AvgIpc) is 3.01. The number of amides is 4. The summed E-state index contributed by atoms with van der Waals surface area (Å²) in [5, 5.41) is 7.50. The van der Waals surface area contributed by atoms with Crippen molar-refractivity contribution < 1.29 is 19.1 Å². The van der Waals surface area contributed by atoms with Gasteiger partial charge in [-0.1, -0.05) is 48.5 Å². The predicted octanol–water partition coefficient (Wildman–Crippen LogP) is 2.93. The standard InChI is InChI=1S/C24H23N3O4/c1-24(19-11-10-17-7-3-4-8-18(17)13-19)22(29)27(23(30)26-24)15-21(28)25-14-16-6-5-9-20(12-16)31-2/h3-13H,14-15H2,1-2H3,(H,25,28)(H,26,30). The highest BCUT2D eigenvalue weighted by Crippen LogP contribution is 2.30. The molecule has 1 aliphatic heterocycles. The molecular formula is C24H23N3O4. The average molecular weight is 417 g/mol. The Bertz CT molecular complexity index is 1180. The molecule has 1 atom stereocenters. The zero-order valence-corrected chi connectivity index (χ0v) is 17.3. The lowest BCUT2D eigenvalue weighted by molar-refractivity contribution is -0.134. The van der Waals surface area contributed by atoms with Crippen molar-refractivity contribution in [1.82, 2.24) is 15.5 Å². The minimum Gasteiger partial charge on any atom is -0.497 e. The molecule has 7 heteroatoms. The molecule has 1 heterocycles. The van der Waals surface area contributed by atoms with E-state index in [0.29, 0.717) is 11.3 Å². The van der Waals surface area contributed by atoms with Crippen molar-refractivity contribution >= 4 is 28.6 Å². The molecule has 1 aliphatic rings. The Balaban J connectivity index is 1.46. The first-order chi connectivity index (χ1) is 14.9. The number of nitrogens with one attached hydrogen (secondary N) is 2. The fraction of sp³-hybridized carbons (Fsp3) is 0.208. The molecule has 0 aromatic heterocycles. The lowest BCUT2D eigenvalue weighted by atomic mass is 9.90. The zero-order chi connectivity index (χ0) is 22.0. The second-order valence-corrected chi connectivity index (χ2v) is 7.64. The third kappa shape index (κ3) is 3.94. The van der Waals surface area contributed by atoms with Crippen LogP contribution in [0.15, 0.2) is 66.7 Å². The summed E-state index contributed by atoms with van der Waals surface area (Å²) in [5.74, 6) is -0.189. The minimum atomic E-state index is -1.23. The SMILES string of the molecule is COc1cccc(CNC(=O)CN2C(=O)NC(C)(c3ccc4ccccc4c3)C2=O)c1. The number of hydrogen-bond donors (Lipinski definition) is 2. The molecule has 0 radical (unpaired) electrons. The molecule has 31 heavy (non-hydrogen) atoms. The van der Waals surface area contributed by atoms with E-state index in [-0.39, 0.29) is 13.1 Å². The Morgan fingerprint density at radius 3 is 2.58 bits per heavy atom. The minimum absolute atomic E-state index is 0.266. The first-order valence-electron chi connectivity index (χ1n) is 9.94. The van der Waals surface area contributed by atoms with E-state index in [9.17, 15) is 14.4 Å². The lowest BCUT2D eigenvalue weighted by Gasteiger charge is -2.22. The molecule has 1 unspecified atom stereocenters. The molecule has 1 fully saturated rings. The van der Waals surface area contributed by atoms with E-state index in [1.807, 2.05) is 66.7 Å². The van der Waals surface area contributed by atoms with Crippen molar-refractivity contribution in [3.63, 3.8) is 0 Å². The van der Waals surface area contributed by atoms with Crippen LogP contribution in [-0.2, 0) is 21.7 Å². The van der Waals surface area contributed by atoms with Gasteiger partial charge in [0.1, 0.15) is 17.8 Å². The van der Waals surface area contributed by atoms with Gasteiger partial charge < -0.3 is 15.4 Å². The molecule has 0 spiro atoms. The van der Waals surface area contributed by atoms with Gasteiger partial charge in [-0.25, -0.2) is 4.79 Å². The number of fused-ring (bicyclic) bond motifs is 1. The van der Waals surface area contributed by atoms with E-state index < -0.39 is 23.4 Å². The molecule has 0 aliphatic carbocycles. The van der Waals surface area contributed by atoms with Crippen LogP contribution < -0.4 is 15.4 Å². The second-order valence-electron chi connectivity index (χ2n) is 7.64. The molecule has 158 valence electrons. The van der Waals surface area contributed by atoms with E-state index in [2.05, 4.69) is 10.6 Å². The zero-order valence-electron chi connectivity index (χ0n) is 17.3. The van der Waals surface area contributed by atoms with Gasteiger partial charge >= 0.3 is 6.03 Å². The van der Waals surface area contributed by atoms with Crippen molar-refractivity contribution in [2.24, 2.45) is 0 Å². The van der Waals surface area contributed by atoms with Crippen LogP contribution in [0.1, 0.15) is 18.1 Å². The van der Waals surface area contributed by atoms with E-state index in [4.69, 9.17) is 4.74 Å². The molecular weight excluding hydrogens is 394 g/mol. The molecule has 4 amide bonds. The molecule has 4 rings (SSSR count). The summed E-state index contributed by atoms with van der Waals surface area (Å²) in [6.07, 6.45) is 0. The fourth-order valence-electron chi connectivity index (χ4n) is 3.72. The summed E-state index contributed by atoms with van der Waals surface area (Å²) in [6, 6.07) is 20.1. The first kappa shape index (κ1) is 20.4. The number of rotatable bonds is 6. The molecule has 3 aromatic rings. The van der Waals surface area contributed by atoms with Crippen LogP contribution in [0, 0.1) is 0 Å². The van der Waals surface area contributed by atoms with Gasteiger partial charge in [-0.05, 0) is 47.0 Å². The lowest BCUT2D eigenvalue weighted by Crippen LogP contribution is -2.43. The normalized spacial score (nSPS) is 18.2. The largest absolute Gasteiger partial charge is 0.497 e. The highest BCUT2D eigenvalue weighted by Gasteiger charge is 2.49. The molecule has 0 bridgehead atoms. The topological polar surface area (TPSA) is 87.7 Å². The summed E-state index contributed by atoms with van der Waals surface area (Å²) in [6.45, 7) is 1.57. The quantitative estimate of drug-likeness (QED) is 0.604. The number of hydrogen-bond acceptors (Lipinski definition) is 4. The number of ether oxygens (including phenoxy) is 1. The van der Waals surface area contributed by atoms with Crippen molar-refractivity contribution in [2.45, 2.75) is 19.0 Å². The van der Waals surface area contributed by atoms with Crippen molar-refractivity contribution in [3.8, 4) is 5.75 Å². The Hall–Kier alpha value is -3.87. The molecule has 7 nitrogen and oxygen atoms in total. The van der Waals surface area contributed by atoms with Crippen molar-refractivity contribution in [3.05, 3.63) is 77.9 Å². The second kappa shape index (κ2) is 8.10. The van der Waals surface area contributed by atoms with E-state index in [1.54, 1.807) is 14.0 Å². The summed E-state index contributed by atoms with van der Waals surface area (Å²) in [4.78, 5) is 39.0. The van der Waals surface area contributed by atoms with Gasteiger partial charge in [0.25, 0.3) is 5.91 Å². The summed E-state index contributed by atoms with van der Waals surface area (Å²) in [7, 11) is 1.57. The van der Waals surface area contributed by atoms with Crippen LogP contribution in [0.4, 0.5) is 4.79 Å². The molecule has 3 aromatic carbocycles. The Morgan fingerprint density at radius 1 is 1.03 bits per heavy atom. The Morgan fingerprint density at radius 2 is 1.81 bits per heavy atom. The predicted molar refractivity (Wildman–Crippen MR) is 116 cm³/mol. The smallest absolute Gasteiger partial charge is 0.325 e. The molecule has 1 saturated heterocycles. The van der Waals surface area contributed by atoms with Crippen LogP contribution in [0.25, 0.3) is 10.8 Å². The fourth-order valence-corrected chi connectivity index (χ4v) is 3.72. The Kier molecular flexibility index (Phi) is 5.33. The maximum atomic E-state index is 13.1. The number of carbonyl (C=O) groups is 3. The van der Waals surface area contributed by atoms with Gasteiger partial charge in [0.15, 0.2) is 0 Å². The van der Waals surface area contributed by atoms with Crippen LogP contribution in [0.5, 0.6) is 5.75 Å². The molecule has 2 N–H and O–H groups in total. The number of urea groups is 1. The number of nitrogens with zero attached hydrogens (tertiary/aromatic N) is 1. The van der Waals surface area contributed by atoms with Crippen LogP contribution >= 0.6 is 0 Å². The van der Waals surface area contributed by atoms with E-state index >= 15 is 0 Å². The number of benzene rings is 3. The number of methoxy groups -OCH3 is 1. The summed E-state index contributed by atoms with van der Waals surface area (Å²) >= 11 is 0. The van der Waals surface area contributed by atoms with Gasteiger partial charge in [0.05, 0.1) is 7.11 Å². The van der Waals surface area contributed by atoms with Crippen molar-refractivity contribution in [1.29, 1.82) is 0 Å². The maximum Gasteiger partial charge on any atom is 0.325 e. The number of imide groups is 1. The maximum absolute atomic E-state index is 13.1. The highest BCUT2D eigenvalue weighted by molar-refractivity contribution is 6.09.